The highest BCUT2D eigenvalue weighted by Crippen LogP contribution is 2.46. The zero-order valence-corrected chi connectivity index (χ0v) is 22.4. The van der Waals surface area contributed by atoms with Crippen LogP contribution in [-0.4, -0.2) is 61.0 Å². The molecule has 3 aromatic rings. The van der Waals surface area contributed by atoms with E-state index in [0.29, 0.717) is 17.7 Å². The fourth-order valence-electron chi connectivity index (χ4n) is 5.86. The van der Waals surface area contributed by atoms with Crippen LogP contribution in [0.25, 0.3) is 0 Å². The maximum Gasteiger partial charge on any atom is 0.167 e. The first-order valence-corrected chi connectivity index (χ1v) is 13.2. The monoisotopic (exact) mass is 501 g/mol. The summed E-state index contributed by atoms with van der Waals surface area (Å²) in [6.45, 7) is 7.24. The second-order valence-corrected chi connectivity index (χ2v) is 10.7. The first kappa shape index (κ1) is 27.0. The van der Waals surface area contributed by atoms with E-state index >= 15 is 0 Å². The van der Waals surface area contributed by atoms with Gasteiger partial charge in [0, 0.05) is 36.4 Å². The number of aryl methyl sites for hydroxylation is 1. The highest BCUT2D eigenvalue weighted by molar-refractivity contribution is 5.99. The van der Waals surface area contributed by atoms with Gasteiger partial charge in [-0.1, -0.05) is 42.5 Å². The number of phenols is 1. The minimum absolute atomic E-state index is 0.00676. The van der Waals surface area contributed by atoms with Crippen LogP contribution in [0, 0.1) is 31.6 Å². The summed E-state index contributed by atoms with van der Waals surface area (Å²) in [7, 11) is 4.17. The maximum atomic E-state index is 14.9. The van der Waals surface area contributed by atoms with Gasteiger partial charge in [0.2, 0.25) is 0 Å². The summed E-state index contributed by atoms with van der Waals surface area (Å²) in [6.07, 6.45) is 2.13. The fraction of sp³-hybridized carbons (Fsp3) is 0.406. The number of carbonyl (C=O) groups excluding carboxylic acids is 1. The third kappa shape index (κ3) is 6.28. The average Bonchev–Trinajstić information content (AvgIpc) is 2.88. The van der Waals surface area contributed by atoms with Crippen molar-refractivity contribution in [2.45, 2.75) is 38.5 Å². The molecule has 0 saturated carbocycles. The van der Waals surface area contributed by atoms with Gasteiger partial charge in [0.25, 0.3) is 0 Å². The van der Waals surface area contributed by atoms with E-state index in [-0.39, 0.29) is 35.1 Å². The SMILES string of the molecule is Cc1c[c]ccc1[C@H]1CN(CCCCN(C)C)C[C@H](C(=O)c2cccc(O)c2)[C@H]1c1cccc(F)c1C. The summed E-state index contributed by atoms with van der Waals surface area (Å²) < 4.78 is 14.9. The standard InChI is InChI=1S/C32H38FN2O2/c1-22-11-5-6-14-26(22)28-20-35(18-8-7-17-34(3)4)21-29(32(37)24-12-9-13-25(36)19-24)31(28)27-15-10-16-30(33)23(27)2/h6,9-16,19,28-29,31,36H,7-8,17-18,20-21H2,1-4H3/t28-,29+,31+/m1/s1. The second kappa shape index (κ2) is 12.0. The van der Waals surface area contributed by atoms with Gasteiger partial charge in [0.05, 0.1) is 0 Å². The van der Waals surface area contributed by atoms with Crippen molar-refractivity contribution in [2.24, 2.45) is 5.92 Å². The molecule has 37 heavy (non-hydrogen) atoms. The molecule has 1 N–H and O–H groups in total. The number of likely N-dealkylation sites (tertiary alicyclic amines) is 1. The van der Waals surface area contributed by atoms with Crippen LogP contribution in [0.3, 0.4) is 0 Å². The van der Waals surface area contributed by atoms with Gasteiger partial charge in [-0.05, 0) is 100 Å². The quantitative estimate of drug-likeness (QED) is 0.290. The smallest absolute Gasteiger partial charge is 0.167 e. The average molecular weight is 502 g/mol. The van der Waals surface area contributed by atoms with Gasteiger partial charge in [-0.3, -0.25) is 4.79 Å². The Morgan fingerprint density at radius 3 is 2.59 bits per heavy atom. The lowest BCUT2D eigenvalue weighted by Crippen LogP contribution is -2.47. The van der Waals surface area contributed by atoms with E-state index in [1.165, 1.54) is 11.6 Å². The van der Waals surface area contributed by atoms with Gasteiger partial charge in [-0.15, -0.1) is 0 Å². The van der Waals surface area contributed by atoms with Crippen LogP contribution in [0.5, 0.6) is 5.75 Å². The van der Waals surface area contributed by atoms with Crippen LogP contribution < -0.4 is 0 Å². The van der Waals surface area contributed by atoms with Crippen molar-refractivity contribution >= 4 is 5.78 Å². The van der Waals surface area contributed by atoms with Gasteiger partial charge < -0.3 is 14.9 Å². The van der Waals surface area contributed by atoms with E-state index < -0.39 is 0 Å². The third-order valence-corrected chi connectivity index (χ3v) is 7.76. The van der Waals surface area contributed by atoms with Gasteiger partial charge in [-0.25, -0.2) is 4.39 Å². The number of ketones is 1. The van der Waals surface area contributed by atoms with Crippen molar-refractivity contribution in [3.8, 4) is 5.75 Å². The number of nitrogens with zero attached hydrogens (tertiary/aromatic N) is 2. The highest BCUT2D eigenvalue weighted by atomic mass is 19.1. The zero-order chi connectivity index (χ0) is 26.5. The number of unbranched alkanes of at least 4 members (excludes halogenated alkanes) is 1. The number of phenolic OH excluding ortho intramolecular Hbond substituents is 1. The molecular weight excluding hydrogens is 463 g/mol. The van der Waals surface area contributed by atoms with Crippen LogP contribution in [-0.2, 0) is 0 Å². The van der Waals surface area contributed by atoms with E-state index in [0.717, 1.165) is 43.6 Å². The molecule has 3 aromatic carbocycles. The second-order valence-electron chi connectivity index (χ2n) is 10.7. The van der Waals surface area contributed by atoms with E-state index in [9.17, 15) is 14.3 Å². The minimum Gasteiger partial charge on any atom is -0.508 e. The van der Waals surface area contributed by atoms with E-state index in [4.69, 9.17) is 0 Å². The van der Waals surface area contributed by atoms with Gasteiger partial charge in [-0.2, -0.15) is 0 Å². The molecule has 1 saturated heterocycles. The molecule has 0 unspecified atom stereocenters. The van der Waals surface area contributed by atoms with Crippen molar-refractivity contribution in [1.82, 2.24) is 9.80 Å². The Labute approximate surface area is 220 Å². The molecule has 3 atom stereocenters. The number of benzene rings is 3. The van der Waals surface area contributed by atoms with Crippen LogP contribution in [0.1, 0.15) is 57.3 Å². The number of halogens is 1. The minimum atomic E-state index is -0.376. The first-order valence-electron chi connectivity index (χ1n) is 13.2. The zero-order valence-electron chi connectivity index (χ0n) is 22.4. The van der Waals surface area contributed by atoms with Crippen molar-refractivity contribution < 1.29 is 14.3 Å². The molecule has 5 heteroatoms. The van der Waals surface area contributed by atoms with Crippen molar-refractivity contribution in [2.75, 3.05) is 40.3 Å². The Morgan fingerprint density at radius 2 is 1.86 bits per heavy atom. The molecule has 0 spiro atoms. The molecule has 0 aliphatic carbocycles. The topological polar surface area (TPSA) is 43.8 Å². The van der Waals surface area contributed by atoms with Gasteiger partial charge in [0.1, 0.15) is 11.6 Å². The summed E-state index contributed by atoms with van der Waals surface area (Å²) in [4.78, 5) is 18.7. The van der Waals surface area contributed by atoms with E-state index in [2.05, 4.69) is 43.0 Å². The van der Waals surface area contributed by atoms with Crippen molar-refractivity contribution in [1.29, 1.82) is 0 Å². The fourth-order valence-corrected chi connectivity index (χ4v) is 5.86. The number of hydrogen-bond donors (Lipinski definition) is 1. The maximum absolute atomic E-state index is 14.9. The summed E-state index contributed by atoms with van der Waals surface area (Å²) in [5, 5.41) is 10.1. The van der Waals surface area contributed by atoms with E-state index in [1.54, 1.807) is 30.3 Å². The molecule has 1 aliphatic rings. The van der Waals surface area contributed by atoms with Crippen molar-refractivity contribution in [3.05, 3.63) is 100 Å². The Kier molecular flexibility index (Phi) is 8.78. The Morgan fingerprint density at radius 1 is 1.08 bits per heavy atom. The van der Waals surface area contributed by atoms with Crippen molar-refractivity contribution in [3.63, 3.8) is 0 Å². The molecule has 4 nitrogen and oxygen atoms in total. The van der Waals surface area contributed by atoms with Crippen LogP contribution >= 0.6 is 0 Å². The van der Waals surface area contributed by atoms with Crippen LogP contribution in [0.2, 0.25) is 0 Å². The molecule has 0 aromatic heterocycles. The van der Waals surface area contributed by atoms with E-state index in [1.807, 2.05) is 25.1 Å². The number of hydrogen-bond acceptors (Lipinski definition) is 4. The summed E-state index contributed by atoms with van der Waals surface area (Å²) in [5.41, 5.74) is 4.30. The largest absolute Gasteiger partial charge is 0.508 e. The van der Waals surface area contributed by atoms with Gasteiger partial charge >= 0.3 is 0 Å². The Bertz CT molecular complexity index is 1220. The number of Topliss-reactive ketones (excluding diaryl/α,β-unsaturated/α-hetero) is 1. The number of aromatic hydroxyl groups is 1. The predicted molar refractivity (Wildman–Crippen MR) is 147 cm³/mol. The molecular formula is C32H38FN2O2. The lowest BCUT2D eigenvalue weighted by atomic mass is 9.67. The van der Waals surface area contributed by atoms with Gasteiger partial charge in [0.15, 0.2) is 5.78 Å². The third-order valence-electron chi connectivity index (χ3n) is 7.76. The predicted octanol–water partition coefficient (Wildman–Crippen LogP) is 5.97. The normalized spacial score (nSPS) is 20.3. The molecule has 195 valence electrons. The molecule has 0 bridgehead atoms. The number of piperidine rings is 1. The number of carbonyl (C=O) groups is 1. The molecule has 0 amide bonds. The molecule has 1 radical (unpaired) electrons. The lowest BCUT2D eigenvalue weighted by molar-refractivity contribution is 0.0734. The highest BCUT2D eigenvalue weighted by Gasteiger charge is 2.43. The Balaban J connectivity index is 1.79. The van der Waals surface area contributed by atoms with Crippen LogP contribution in [0.4, 0.5) is 4.39 Å². The molecule has 1 fully saturated rings. The lowest BCUT2D eigenvalue weighted by Gasteiger charge is -2.45. The molecule has 1 heterocycles. The first-order chi connectivity index (χ1) is 17.8. The molecule has 1 aliphatic heterocycles. The summed E-state index contributed by atoms with van der Waals surface area (Å²) in [5.74, 6) is -0.726. The molecule has 4 rings (SSSR count). The number of rotatable bonds is 9. The Hall–Kier alpha value is -3.02. The summed E-state index contributed by atoms with van der Waals surface area (Å²) >= 11 is 0. The summed E-state index contributed by atoms with van der Waals surface area (Å²) in [6, 6.07) is 21.0. The van der Waals surface area contributed by atoms with Crippen LogP contribution in [0.15, 0.2) is 60.7 Å².